The van der Waals surface area contributed by atoms with Gasteiger partial charge in [-0.25, -0.2) is 9.78 Å². The number of nitrogens with zero attached hydrogens (tertiary/aromatic N) is 1. The van der Waals surface area contributed by atoms with Crippen LogP contribution in [0.4, 0.5) is 5.13 Å². The lowest BCUT2D eigenvalue weighted by molar-refractivity contribution is -0.129. The number of anilines is 1. The second-order valence-corrected chi connectivity index (χ2v) is 5.11. The fourth-order valence-electron chi connectivity index (χ4n) is 1.61. The van der Waals surface area contributed by atoms with Crippen LogP contribution in [-0.2, 0) is 9.59 Å². The van der Waals surface area contributed by atoms with E-state index in [0.717, 1.165) is 11.6 Å². The van der Waals surface area contributed by atoms with Crippen LogP contribution in [0.5, 0.6) is 5.75 Å². The number of thiazole rings is 1. The van der Waals surface area contributed by atoms with E-state index in [1.165, 1.54) is 18.3 Å². The summed E-state index contributed by atoms with van der Waals surface area (Å²) >= 11 is 1.34. The number of carbonyl (C=O) groups excluding carboxylic acids is 2. The number of esters is 1. The number of hydrogen-bond donors (Lipinski definition) is 1. The van der Waals surface area contributed by atoms with E-state index in [2.05, 4.69) is 16.9 Å². The molecular weight excluding hydrogens is 300 g/mol. The molecule has 0 saturated carbocycles. The minimum absolute atomic E-state index is 0.161. The first-order chi connectivity index (χ1) is 10.6. The Morgan fingerprint density at radius 3 is 2.82 bits per heavy atom. The van der Waals surface area contributed by atoms with E-state index in [-0.39, 0.29) is 5.91 Å². The lowest BCUT2D eigenvalue weighted by atomic mass is 10.2. The lowest BCUT2D eigenvalue weighted by Crippen LogP contribution is -2.04. The third kappa shape index (κ3) is 4.39. The number of rotatable bonds is 5. The average Bonchev–Trinajstić information content (AvgIpc) is 2.93. The molecule has 0 saturated heterocycles. The first-order valence-corrected chi connectivity index (χ1v) is 7.31. The van der Waals surface area contributed by atoms with Gasteiger partial charge >= 0.3 is 5.97 Å². The summed E-state index contributed by atoms with van der Waals surface area (Å²) in [5.74, 6) is -0.227. The molecule has 0 aliphatic rings. The van der Waals surface area contributed by atoms with Gasteiger partial charge < -0.3 is 10.1 Å². The fourth-order valence-corrected chi connectivity index (χ4v) is 2.33. The largest absolute Gasteiger partial charge is 0.423 e. The summed E-state index contributed by atoms with van der Waals surface area (Å²) in [6, 6.07) is 7.14. The molecule has 2 aromatic rings. The summed E-state index contributed by atoms with van der Waals surface area (Å²) in [6.07, 6.45) is 4.68. The van der Waals surface area contributed by atoms with Crippen molar-refractivity contribution in [1.29, 1.82) is 0 Å². The molecule has 1 heterocycles. The highest BCUT2D eigenvalue weighted by atomic mass is 32.1. The van der Waals surface area contributed by atoms with Crippen LogP contribution in [0.2, 0.25) is 0 Å². The van der Waals surface area contributed by atoms with E-state index in [0.29, 0.717) is 16.6 Å². The Hall–Kier alpha value is -2.73. The molecule has 1 amide bonds. The molecule has 0 radical (unpaired) electrons. The number of carbonyl (C=O) groups is 2. The topological polar surface area (TPSA) is 68.3 Å². The number of amides is 1. The Kier molecular flexibility index (Phi) is 5.21. The monoisotopic (exact) mass is 314 g/mol. The summed E-state index contributed by atoms with van der Waals surface area (Å²) in [7, 11) is 0. The molecule has 112 valence electrons. The standard InChI is InChI=1S/C16H14N2O3S/c1-3-15(20)21-14-7-5-4-6-12(14)8-9-13-10-22-16(18-13)17-11(2)19/h3-10H,1H2,2H3,(H,17,18,19). The predicted octanol–water partition coefficient (Wildman–Crippen LogP) is 3.36. The number of hydrogen-bond acceptors (Lipinski definition) is 5. The van der Waals surface area contributed by atoms with Crippen molar-refractivity contribution in [1.82, 2.24) is 4.98 Å². The minimum Gasteiger partial charge on any atom is -0.423 e. The van der Waals surface area contributed by atoms with Crippen molar-refractivity contribution < 1.29 is 14.3 Å². The molecule has 0 spiro atoms. The summed E-state index contributed by atoms with van der Waals surface area (Å²) in [5.41, 5.74) is 1.45. The van der Waals surface area contributed by atoms with Gasteiger partial charge in [0.05, 0.1) is 5.69 Å². The van der Waals surface area contributed by atoms with Gasteiger partial charge in [-0.05, 0) is 18.2 Å². The normalized spacial score (nSPS) is 10.4. The molecule has 6 heteroatoms. The Labute approximate surface area is 132 Å². The van der Waals surface area contributed by atoms with Gasteiger partial charge in [-0.3, -0.25) is 4.79 Å². The first-order valence-electron chi connectivity index (χ1n) is 6.43. The zero-order chi connectivity index (χ0) is 15.9. The van der Waals surface area contributed by atoms with E-state index < -0.39 is 5.97 Å². The molecule has 0 aliphatic heterocycles. The third-order valence-electron chi connectivity index (χ3n) is 2.53. The van der Waals surface area contributed by atoms with Crippen molar-refractivity contribution in [3.63, 3.8) is 0 Å². The Morgan fingerprint density at radius 2 is 2.09 bits per heavy atom. The second-order valence-electron chi connectivity index (χ2n) is 4.26. The SMILES string of the molecule is C=CC(=O)Oc1ccccc1C=Cc1csc(NC(C)=O)n1. The molecule has 0 unspecified atom stereocenters. The quantitative estimate of drug-likeness (QED) is 0.522. The summed E-state index contributed by atoms with van der Waals surface area (Å²) < 4.78 is 5.16. The van der Waals surface area contributed by atoms with Gasteiger partial charge in [0.25, 0.3) is 0 Å². The summed E-state index contributed by atoms with van der Waals surface area (Å²) in [6.45, 7) is 4.80. The third-order valence-corrected chi connectivity index (χ3v) is 3.31. The highest BCUT2D eigenvalue weighted by molar-refractivity contribution is 7.14. The average molecular weight is 314 g/mol. The maximum absolute atomic E-state index is 11.3. The van der Waals surface area contributed by atoms with Crippen LogP contribution in [0.15, 0.2) is 42.3 Å². The molecule has 0 aliphatic carbocycles. The molecular formula is C16H14N2O3S. The molecule has 2 rings (SSSR count). The van der Waals surface area contributed by atoms with Crippen molar-refractivity contribution in [2.45, 2.75) is 6.92 Å². The Balaban J connectivity index is 2.16. The van der Waals surface area contributed by atoms with Crippen molar-refractivity contribution in [2.24, 2.45) is 0 Å². The first kappa shape index (κ1) is 15.7. The molecule has 22 heavy (non-hydrogen) atoms. The van der Waals surface area contributed by atoms with Gasteiger partial charge in [0.1, 0.15) is 5.75 Å². The number of para-hydroxylation sites is 1. The number of nitrogens with one attached hydrogen (secondary N) is 1. The molecule has 1 aromatic carbocycles. The maximum atomic E-state index is 11.3. The molecule has 1 aromatic heterocycles. The number of ether oxygens (including phenoxy) is 1. The maximum Gasteiger partial charge on any atom is 0.335 e. The summed E-state index contributed by atoms with van der Waals surface area (Å²) in [5, 5.41) is 4.98. The van der Waals surface area contributed by atoms with E-state index >= 15 is 0 Å². The molecule has 1 N–H and O–H groups in total. The number of benzene rings is 1. The minimum atomic E-state index is -0.512. The van der Waals surface area contributed by atoms with Crippen LogP contribution < -0.4 is 10.1 Å². The van der Waals surface area contributed by atoms with Crippen LogP contribution >= 0.6 is 11.3 Å². The molecule has 0 bridgehead atoms. The Morgan fingerprint density at radius 1 is 1.32 bits per heavy atom. The van der Waals surface area contributed by atoms with E-state index in [1.807, 2.05) is 17.5 Å². The second kappa shape index (κ2) is 7.33. The van der Waals surface area contributed by atoms with Crippen molar-refractivity contribution in [3.8, 4) is 5.75 Å². The van der Waals surface area contributed by atoms with Gasteiger partial charge in [0.15, 0.2) is 5.13 Å². The Bertz CT molecular complexity index is 734. The van der Waals surface area contributed by atoms with Crippen LogP contribution in [-0.4, -0.2) is 16.9 Å². The smallest absolute Gasteiger partial charge is 0.335 e. The van der Waals surface area contributed by atoms with E-state index in [9.17, 15) is 9.59 Å². The van der Waals surface area contributed by atoms with Gasteiger partial charge in [-0.1, -0.05) is 24.8 Å². The van der Waals surface area contributed by atoms with E-state index in [4.69, 9.17) is 4.74 Å². The predicted molar refractivity (Wildman–Crippen MR) is 87.6 cm³/mol. The van der Waals surface area contributed by atoms with Gasteiger partial charge in [0, 0.05) is 23.9 Å². The van der Waals surface area contributed by atoms with Gasteiger partial charge in [-0.15, -0.1) is 11.3 Å². The zero-order valence-electron chi connectivity index (χ0n) is 11.9. The van der Waals surface area contributed by atoms with Crippen LogP contribution in [0.25, 0.3) is 12.2 Å². The number of aromatic nitrogens is 1. The van der Waals surface area contributed by atoms with E-state index in [1.54, 1.807) is 24.3 Å². The van der Waals surface area contributed by atoms with Gasteiger partial charge in [0.2, 0.25) is 5.91 Å². The lowest BCUT2D eigenvalue weighted by Gasteiger charge is -2.04. The molecule has 0 atom stereocenters. The van der Waals surface area contributed by atoms with Gasteiger partial charge in [-0.2, -0.15) is 0 Å². The fraction of sp³-hybridized carbons (Fsp3) is 0.0625. The highest BCUT2D eigenvalue weighted by Gasteiger charge is 2.05. The van der Waals surface area contributed by atoms with Crippen LogP contribution in [0.3, 0.4) is 0 Å². The zero-order valence-corrected chi connectivity index (χ0v) is 12.7. The molecule has 5 nitrogen and oxygen atoms in total. The summed E-state index contributed by atoms with van der Waals surface area (Å²) in [4.78, 5) is 26.5. The van der Waals surface area contributed by atoms with Crippen LogP contribution in [0.1, 0.15) is 18.2 Å². The highest BCUT2D eigenvalue weighted by Crippen LogP contribution is 2.22. The van der Waals surface area contributed by atoms with Crippen molar-refractivity contribution >= 4 is 40.5 Å². The van der Waals surface area contributed by atoms with Crippen molar-refractivity contribution in [2.75, 3.05) is 5.32 Å². The van der Waals surface area contributed by atoms with Crippen LogP contribution in [0, 0.1) is 0 Å². The van der Waals surface area contributed by atoms with Crippen molar-refractivity contribution in [3.05, 3.63) is 53.6 Å². The molecule has 0 fully saturated rings.